The molecular weight excluding hydrogens is 304 g/mol. The van der Waals surface area contributed by atoms with Crippen molar-refractivity contribution in [2.24, 2.45) is 0 Å². The smallest absolute Gasteiger partial charge is 0.242 e. The summed E-state index contributed by atoms with van der Waals surface area (Å²) < 4.78 is 5.71. The van der Waals surface area contributed by atoms with Gasteiger partial charge in [0.05, 0.1) is 12.0 Å². The fourth-order valence-corrected chi connectivity index (χ4v) is 3.58. The van der Waals surface area contributed by atoms with Gasteiger partial charge in [0.25, 0.3) is 0 Å². The molecule has 2 amide bonds. The second-order valence-electron chi connectivity index (χ2n) is 7.03. The lowest BCUT2D eigenvalue weighted by Crippen LogP contribution is -2.49. The number of likely N-dealkylation sites (tertiary alicyclic amines) is 1. The molecule has 2 fully saturated rings. The average Bonchev–Trinajstić information content (AvgIpc) is 3.23. The maximum Gasteiger partial charge on any atom is 0.242 e. The molecule has 1 N–H and O–H groups in total. The predicted molar refractivity (Wildman–Crippen MR) is 91.5 cm³/mol. The minimum atomic E-state index is -0.341. The molecule has 2 aliphatic rings. The molecule has 24 heavy (non-hydrogen) atoms. The predicted octanol–water partition coefficient (Wildman–Crippen LogP) is 1.91. The van der Waals surface area contributed by atoms with Gasteiger partial charge in [0.1, 0.15) is 6.04 Å². The van der Waals surface area contributed by atoms with Gasteiger partial charge in [0.15, 0.2) is 0 Å². The molecule has 0 aromatic heterocycles. The fraction of sp³-hybridized carbons (Fsp3) is 0.579. The number of carbonyl (C=O) groups is 2. The molecule has 0 bridgehead atoms. The number of hydrogen-bond acceptors (Lipinski definition) is 3. The fourth-order valence-electron chi connectivity index (χ4n) is 3.58. The summed E-state index contributed by atoms with van der Waals surface area (Å²) in [6.45, 7) is 3.98. The highest BCUT2D eigenvalue weighted by molar-refractivity contribution is 5.89. The summed E-state index contributed by atoms with van der Waals surface area (Å²) in [7, 11) is 0. The number of carbonyl (C=O) groups excluding carboxylic acids is 2. The highest BCUT2D eigenvalue weighted by Gasteiger charge is 2.36. The van der Waals surface area contributed by atoms with Crippen molar-refractivity contribution >= 4 is 11.8 Å². The summed E-state index contributed by atoms with van der Waals surface area (Å²) in [5, 5.41) is 3.00. The minimum absolute atomic E-state index is 0.0298. The van der Waals surface area contributed by atoms with E-state index in [1.807, 2.05) is 37.3 Å². The Hall–Kier alpha value is -1.88. The summed E-state index contributed by atoms with van der Waals surface area (Å²) in [6.07, 6.45) is 3.98. The second-order valence-corrected chi connectivity index (χ2v) is 7.03. The number of nitrogens with zero attached hydrogens (tertiary/aromatic N) is 1. The molecule has 130 valence electrons. The van der Waals surface area contributed by atoms with Crippen LogP contribution in [0.4, 0.5) is 0 Å². The lowest BCUT2D eigenvalue weighted by Gasteiger charge is -2.27. The van der Waals surface area contributed by atoms with E-state index in [9.17, 15) is 9.59 Å². The van der Waals surface area contributed by atoms with E-state index in [-0.39, 0.29) is 23.5 Å². The first-order valence-corrected chi connectivity index (χ1v) is 8.82. The van der Waals surface area contributed by atoms with Gasteiger partial charge in [-0.25, -0.2) is 0 Å². The van der Waals surface area contributed by atoms with Crippen LogP contribution >= 0.6 is 0 Å². The van der Waals surface area contributed by atoms with Crippen molar-refractivity contribution in [1.82, 2.24) is 10.2 Å². The van der Waals surface area contributed by atoms with E-state index in [0.717, 1.165) is 37.9 Å². The van der Waals surface area contributed by atoms with Gasteiger partial charge in [0, 0.05) is 19.7 Å². The van der Waals surface area contributed by atoms with Crippen LogP contribution in [0.5, 0.6) is 0 Å². The van der Waals surface area contributed by atoms with Gasteiger partial charge in [-0.1, -0.05) is 30.3 Å². The summed E-state index contributed by atoms with van der Waals surface area (Å²) >= 11 is 0. The molecule has 2 unspecified atom stereocenters. The van der Waals surface area contributed by atoms with Crippen LogP contribution in [0, 0.1) is 0 Å². The van der Waals surface area contributed by atoms with Crippen LogP contribution in [-0.4, -0.2) is 48.1 Å². The van der Waals surface area contributed by atoms with E-state index in [2.05, 4.69) is 5.32 Å². The van der Waals surface area contributed by atoms with Crippen LogP contribution in [-0.2, 0) is 20.7 Å². The molecule has 2 saturated heterocycles. The Bertz CT molecular complexity index is 582. The molecule has 2 aliphatic heterocycles. The van der Waals surface area contributed by atoms with Gasteiger partial charge >= 0.3 is 0 Å². The van der Waals surface area contributed by atoms with Gasteiger partial charge in [-0.15, -0.1) is 0 Å². The number of hydrogen-bond donors (Lipinski definition) is 1. The molecule has 1 aromatic rings. The van der Waals surface area contributed by atoms with Crippen molar-refractivity contribution in [2.45, 2.75) is 50.7 Å². The van der Waals surface area contributed by atoms with Crippen molar-refractivity contribution in [3.05, 3.63) is 35.9 Å². The number of ether oxygens (including phenoxy) is 1. The summed E-state index contributed by atoms with van der Waals surface area (Å²) in [4.78, 5) is 26.9. The van der Waals surface area contributed by atoms with E-state index in [0.29, 0.717) is 19.5 Å². The van der Waals surface area contributed by atoms with Gasteiger partial charge in [-0.2, -0.15) is 0 Å². The molecule has 0 radical (unpaired) electrons. The molecule has 1 aromatic carbocycles. The molecule has 5 nitrogen and oxygen atoms in total. The number of nitrogens with one attached hydrogen (secondary N) is 1. The zero-order chi connectivity index (χ0) is 17.0. The van der Waals surface area contributed by atoms with E-state index in [4.69, 9.17) is 4.74 Å². The van der Waals surface area contributed by atoms with Crippen molar-refractivity contribution in [3.8, 4) is 0 Å². The Morgan fingerprint density at radius 3 is 2.79 bits per heavy atom. The van der Waals surface area contributed by atoms with Crippen LogP contribution < -0.4 is 5.32 Å². The zero-order valence-electron chi connectivity index (χ0n) is 14.3. The molecule has 0 spiro atoms. The molecule has 0 saturated carbocycles. The van der Waals surface area contributed by atoms with Crippen LogP contribution in [0.3, 0.4) is 0 Å². The zero-order valence-corrected chi connectivity index (χ0v) is 14.3. The van der Waals surface area contributed by atoms with Gasteiger partial charge < -0.3 is 15.0 Å². The first-order valence-electron chi connectivity index (χ1n) is 8.82. The van der Waals surface area contributed by atoms with Crippen LogP contribution in [0.15, 0.2) is 30.3 Å². The molecule has 5 heteroatoms. The molecule has 3 rings (SSSR count). The Morgan fingerprint density at radius 1 is 1.29 bits per heavy atom. The quantitative estimate of drug-likeness (QED) is 0.897. The normalized spacial score (nSPS) is 26.5. The highest BCUT2D eigenvalue weighted by atomic mass is 16.5. The standard InChI is InChI=1S/C19H26N2O3/c1-19(10-6-12-24-19)14-20-18(23)16-9-5-11-21(16)17(22)13-15-7-3-2-4-8-15/h2-4,7-8,16H,5-6,9-14H2,1H3,(H,20,23). The van der Waals surface area contributed by atoms with Crippen LogP contribution in [0.2, 0.25) is 0 Å². The molecular formula is C19H26N2O3. The first kappa shape index (κ1) is 17.0. The Kier molecular flexibility index (Phi) is 5.19. The van der Waals surface area contributed by atoms with E-state index in [1.54, 1.807) is 4.90 Å². The van der Waals surface area contributed by atoms with Crippen LogP contribution in [0.25, 0.3) is 0 Å². The van der Waals surface area contributed by atoms with Crippen molar-refractivity contribution < 1.29 is 14.3 Å². The number of rotatable bonds is 5. The van der Waals surface area contributed by atoms with E-state index >= 15 is 0 Å². The van der Waals surface area contributed by atoms with E-state index < -0.39 is 0 Å². The summed E-state index contributed by atoms with van der Waals surface area (Å²) in [5.74, 6) is -0.0205. The maximum absolute atomic E-state index is 12.6. The summed E-state index contributed by atoms with van der Waals surface area (Å²) in [6, 6.07) is 9.35. The number of amides is 2. The largest absolute Gasteiger partial charge is 0.373 e. The monoisotopic (exact) mass is 330 g/mol. The lowest BCUT2D eigenvalue weighted by atomic mass is 10.0. The maximum atomic E-state index is 12.6. The average molecular weight is 330 g/mol. The lowest BCUT2D eigenvalue weighted by molar-refractivity contribution is -0.138. The second kappa shape index (κ2) is 7.34. The number of benzene rings is 1. The molecule has 2 atom stereocenters. The van der Waals surface area contributed by atoms with Gasteiger partial charge in [-0.3, -0.25) is 9.59 Å². The van der Waals surface area contributed by atoms with Crippen LogP contribution in [0.1, 0.15) is 38.2 Å². The third kappa shape index (κ3) is 3.96. The van der Waals surface area contributed by atoms with Crippen molar-refractivity contribution in [3.63, 3.8) is 0 Å². The van der Waals surface area contributed by atoms with E-state index in [1.165, 1.54) is 0 Å². The first-order chi connectivity index (χ1) is 11.6. The third-order valence-corrected chi connectivity index (χ3v) is 5.01. The summed E-state index contributed by atoms with van der Waals surface area (Å²) in [5.41, 5.74) is 0.730. The van der Waals surface area contributed by atoms with Gasteiger partial charge in [0.2, 0.25) is 11.8 Å². The SMILES string of the molecule is CC1(CNC(=O)C2CCCN2C(=O)Cc2ccccc2)CCCO1. The minimum Gasteiger partial charge on any atom is -0.373 e. The molecule has 0 aliphatic carbocycles. The highest BCUT2D eigenvalue weighted by Crippen LogP contribution is 2.24. The third-order valence-electron chi connectivity index (χ3n) is 5.01. The van der Waals surface area contributed by atoms with Crippen molar-refractivity contribution in [2.75, 3.05) is 19.7 Å². The molecule has 2 heterocycles. The van der Waals surface area contributed by atoms with Crippen molar-refractivity contribution in [1.29, 1.82) is 0 Å². The van der Waals surface area contributed by atoms with Gasteiger partial charge in [-0.05, 0) is 38.2 Å². The topological polar surface area (TPSA) is 58.6 Å². The Labute approximate surface area is 143 Å². The Balaban J connectivity index is 1.56. The Morgan fingerprint density at radius 2 is 2.08 bits per heavy atom.